The van der Waals surface area contributed by atoms with Crippen molar-refractivity contribution in [2.24, 2.45) is 0 Å². The second-order valence-corrected chi connectivity index (χ2v) is 5.72. The number of anilines is 1. The molecule has 126 valence electrons. The first-order valence-electron chi connectivity index (χ1n) is 8.17. The van der Waals surface area contributed by atoms with E-state index in [1.807, 2.05) is 4.90 Å². The number of hydrogen-bond acceptors (Lipinski definition) is 6. The largest absolute Gasteiger partial charge is 0.379 e. The number of nitrogens with zero attached hydrogens (tertiary/aromatic N) is 5. The minimum Gasteiger partial charge on any atom is -0.379 e. The number of carbonyl (C=O) groups is 1. The summed E-state index contributed by atoms with van der Waals surface area (Å²) in [4.78, 5) is 26.9. The second-order valence-electron chi connectivity index (χ2n) is 5.72. The number of ether oxygens (including phenoxy) is 1. The summed E-state index contributed by atoms with van der Waals surface area (Å²) in [6, 6.07) is 0.0251. The molecule has 2 fully saturated rings. The molecule has 2 amide bonds. The zero-order valence-electron chi connectivity index (χ0n) is 13.4. The van der Waals surface area contributed by atoms with Gasteiger partial charge in [0.1, 0.15) is 5.82 Å². The van der Waals surface area contributed by atoms with Gasteiger partial charge in [0.05, 0.1) is 19.4 Å². The summed E-state index contributed by atoms with van der Waals surface area (Å²) in [7, 11) is 0. The first-order chi connectivity index (χ1) is 11.3. The van der Waals surface area contributed by atoms with Crippen LogP contribution in [0.1, 0.15) is 0 Å². The molecule has 2 aliphatic rings. The number of morpholine rings is 1. The summed E-state index contributed by atoms with van der Waals surface area (Å²) in [5.74, 6) is 0.875. The number of piperazine rings is 1. The summed E-state index contributed by atoms with van der Waals surface area (Å²) < 4.78 is 5.32. The van der Waals surface area contributed by atoms with Gasteiger partial charge >= 0.3 is 6.03 Å². The fraction of sp³-hybridized carbons (Fsp3) is 0.667. The SMILES string of the molecule is O=C(NCCN1CCOCC1)N1CCN(c2cnccn2)CC1. The third kappa shape index (κ3) is 4.52. The Morgan fingerprint density at radius 2 is 1.91 bits per heavy atom. The highest BCUT2D eigenvalue weighted by molar-refractivity contribution is 5.74. The van der Waals surface area contributed by atoms with Crippen molar-refractivity contribution >= 4 is 11.8 Å². The van der Waals surface area contributed by atoms with Gasteiger partial charge in [0.25, 0.3) is 0 Å². The highest BCUT2D eigenvalue weighted by Gasteiger charge is 2.21. The topological polar surface area (TPSA) is 73.8 Å². The van der Waals surface area contributed by atoms with Crippen LogP contribution in [0.25, 0.3) is 0 Å². The van der Waals surface area contributed by atoms with Crippen molar-refractivity contribution in [2.45, 2.75) is 0 Å². The smallest absolute Gasteiger partial charge is 0.317 e. The molecule has 8 nitrogen and oxygen atoms in total. The summed E-state index contributed by atoms with van der Waals surface area (Å²) in [6.07, 6.45) is 5.12. The molecule has 1 aromatic rings. The number of carbonyl (C=O) groups excluding carboxylic acids is 1. The molecule has 0 bridgehead atoms. The Hall–Kier alpha value is -1.93. The van der Waals surface area contributed by atoms with Crippen LogP contribution in [-0.4, -0.2) is 91.4 Å². The van der Waals surface area contributed by atoms with E-state index < -0.39 is 0 Å². The standard InChI is InChI=1S/C15H24N6O2/c22-15(18-3-4-19-9-11-23-12-10-19)21-7-5-20(6-8-21)14-13-16-1-2-17-14/h1-2,13H,3-12H2,(H,18,22). The molecule has 0 saturated carbocycles. The Labute approximate surface area is 136 Å². The zero-order valence-corrected chi connectivity index (χ0v) is 13.4. The van der Waals surface area contributed by atoms with Gasteiger partial charge in [0.2, 0.25) is 0 Å². The lowest BCUT2D eigenvalue weighted by Gasteiger charge is -2.35. The molecule has 0 atom stereocenters. The fourth-order valence-electron chi connectivity index (χ4n) is 2.85. The molecule has 1 aromatic heterocycles. The minimum atomic E-state index is 0.0251. The average molecular weight is 320 g/mol. The van der Waals surface area contributed by atoms with E-state index in [0.717, 1.165) is 51.8 Å². The summed E-state index contributed by atoms with van der Waals surface area (Å²) in [5.41, 5.74) is 0. The lowest BCUT2D eigenvalue weighted by Crippen LogP contribution is -2.53. The Bertz CT molecular complexity index is 486. The summed E-state index contributed by atoms with van der Waals surface area (Å²) in [6.45, 7) is 8.04. The van der Waals surface area contributed by atoms with Crippen LogP contribution in [0.5, 0.6) is 0 Å². The van der Waals surface area contributed by atoms with Crippen LogP contribution < -0.4 is 10.2 Å². The maximum Gasteiger partial charge on any atom is 0.317 e. The molecular weight excluding hydrogens is 296 g/mol. The van der Waals surface area contributed by atoms with Gasteiger partial charge in [-0.05, 0) is 0 Å². The molecule has 0 spiro atoms. The number of urea groups is 1. The van der Waals surface area contributed by atoms with Crippen molar-refractivity contribution < 1.29 is 9.53 Å². The van der Waals surface area contributed by atoms with Gasteiger partial charge in [-0.3, -0.25) is 9.88 Å². The van der Waals surface area contributed by atoms with Gasteiger partial charge in [0, 0.05) is 64.8 Å². The Balaban J connectivity index is 1.36. The van der Waals surface area contributed by atoms with Crippen LogP contribution in [-0.2, 0) is 4.74 Å². The Kier molecular flexibility index (Phi) is 5.60. The van der Waals surface area contributed by atoms with Gasteiger partial charge in [-0.2, -0.15) is 0 Å². The maximum absolute atomic E-state index is 12.2. The normalized spacial score (nSPS) is 19.7. The van der Waals surface area contributed by atoms with Crippen molar-refractivity contribution in [3.63, 3.8) is 0 Å². The number of amides is 2. The van der Waals surface area contributed by atoms with Crippen LogP contribution in [0.15, 0.2) is 18.6 Å². The minimum absolute atomic E-state index is 0.0251. The first kappa shape index (κ1) is 15.9. The zero-order chi connectivity index (χ0) is 15.9. The highest BCUT2D eigenvalue weighted by atomic mass is 16.5. The van der Waals surface area contributed by atoms with Crippen molar-refractivity contribution in [3.05, 3.63) is 18.6 Å². The fourth-order valence-corrected chi connectivity index (χ4v) is 2.85. The highest BCUT2D eigenvalue weighted by Crippen LogP contribution is 2.11. The molecule has 0 aliphatic carbocycles. The van der Waals surface area contributed by atoms with Gasteiger partial charge in [-0.1, -0.05) is 0 Å². The third-order valence-corrected chi connectivity index (χ3v) is 4.25. The van der Waals surface area contributed by atoms with Crippen molar-refractivity contribution in [2.75, 3.05) is 70.5 Å². The van der Waals surface area contributed by atoms with E-state index >= 15 is 0 Å². The molecule has 0 aromatic carbocycles. The first-order valence-corrected chi connectivity index (χ1v) is 8.17. The molecule has 3 heterocycles. The van der Waals surface area contributed by atoms with Gasteiger partial charge in [-0.15, -0.1) is 0 Å². The molecule has 0 radical (unpaired) electrons. The van der Waals surface area contributed by atoms with Crippen LogP contribution in [0, 0.1) is 0 Å². The van der Waals surface area contributed by atoms with Crippen LogP contribution in [0.3, 0.4) is 0 Å². The monoisotopic (exact) mass is 320 g/mol. The van der Waals surface area contributed by atoms with E-state index in [2.05, 4.69) is 25.1 Å². The Morgan fingerprint density at radius 1 is 1.13 bits per heavy atom. The van der Waals surface area contributed by atoms with E-state index in [4.69, 9.17) is 4.74 Å². The predicted octanol–water partition coefficient (Wildman–Crippen LogP) is -0.360. The number of rotatable bonds is 4. The van der Waals surface area contributed by atoms with E-state index in [1.165, 1.54) is 0 Å². The molecule has 23 heavy (non-hydrogen) atoms. The number of hydrogen-bond donors (Lipinski definition) is 1. The van der Waals surface area contributed by atoms with Gasteiger partial charge in [0.15, 0.2) is 0 Å². The maximum atomic E-state index is 12.2. The molecule has 2 saturated heterocycles. The molecular formula is C15H24N6O2. The van der Waals surface area contributed by atoms with Crippen LogP contribution >= 0.6 is 0 Å². The van der Waals surface area contributed by atoms with Crippen LogP contribution in [0.2, 0.25) is 0 Å². The molecule has 1 N–H and O–H groups in total. The average Bonchev–Trinajstić information content (AvgIpc) is 2.63. The lowest BCUT2D eigenvalue weighted by molar-refractivity contribution is 0.0386. The van der Waals surface area contributed by atoms with Crippen LogP contribution in [0.4, 0.5) is 10.6 Å². The second kappa shape index (κ2) is 8.07. The Morgan fingerprint density at radius 3 is 2.61 bits per heavy atom. The van der Waals surface area contributed by atoms with Crippen molar-refractivity contribution in [1.82, 2.24) is 25.1 Å². The molecule has 8 heteroatoms. The molecule has 2 aliphatic heterocycles. The summed E-state index contributed by atoms with van der Waals surface area (Å²) in [5, 5.41) is 3.01. The third-order valence-electron chi connectivity index (χ3n) is 4.25. The summed E-state index contributed by atoms with van der Waals surface area (Å²) >= 11 is 0. The van der Waals surface area contributed by atoms with E-state index in [0.29, 0.717) is 19.6 Å². The van der Waals surface area contributed by atoms with E-state index in [9.17, 15) is 4.79 Å². The predicted molar refractivity (Wildman–Crippen MR) is 86.5 cm³/mol. The van der Waals surface area contributed by atoms with Crippen molar-refractivity contribution in [3.8, 4) is 0 Å². The molecule has 3 rings (SSSR count). The van der Waals surface area contributed by atoms with E-state index in [1.54, 1.807) is 18.6 Å². The molecule has 0 unspecified atom stereocenters. The van der Waals surface area contributed by atoms with Crippen molar-refractivity contribution in [1.29, 1.82) is 0 Å². The van der Waals surface area contributed by atoms with E-state index in [-0.39, 0.29) is 6.03 Å². The number of aromatic nitrogens is 2. The van der Waals surface area contributed by atoms with Gasteiger partial charge < -0.3 is 19.9 Å². The number of nitrogens with one attached hydrogen (secondary N) is 1. The lowest BCUT2D eigenvalue weighted by atomic mass is 10.3. The van der Waals surface area contributed by atoms with Gasteiger partial charge in [-0.25, -0.2) is 9.78 Å². The quantitative estimate of drug-likeness (QED) is 0.817.